The van der Waals surface area contributed by atoms with Gasteiger partial charge in [0.1, 0.15) is 0 Å². The van der Waals surface area contributed by atoms with Gasteiger partial charge in [-0.2, -0.15) is 0 Å². The summed E-state index contributed by atoms with van der Waals surface area (Å²) in [6.45, 7) is 2.70. The quantitative estimate of drug-likeness (QED) is 0.696. The van der Waals surface area contributed by atoms with Crippen molar-refractivity contribution in [1.29, 1.82) is 0 Å². The molecule has 0 fully saturated rings. The Balaban J connectivity index is 0.000000845. The van der Waals surface area contributed by atoms with Crippen molar-refractivity contribution in [2.45, 2.75) is 19.1 Å². The lowest BCUT2D eigenvalue weighted by Gasteiger charge is -2.27. The predicted octanol–water partition coefficient (Wildman–Crippen LogP) is 2.20. The van der Waals surface area contributed by atoms with Gasteiger partial charge in [-0.15, -0.1) is 12.4 Å². The summed E-state index contributed by atoms with van der Waals surface area (Å²) in [5, 5.41) is 0. The van der Waals surface area contributed by atoms with Crippen LogP contribution in [-0.4, -0.2) is 6.61 Å². The van der Waals surface area contributed by atoms with Gasteiger partial charge < -0.3 is 10.5 Å². The van der Waals surface area contributed by atoms with Crippen molar-refractivity contribution in [3.8, 4) is 0 Å². The van der Waals surface area contributed by atoms with Crippen molar-refractivity contribution < 1.29 is 4.74 Å². The highest BCUT2D eigenvalue weighted by Crippen LogP contribution is 2.30. The van der Waals surface area contributed by atoms with Gasteiger partial charge >= 0.3 is 0 Å². The molecular weight excluding hydrogens is 186 g/mol. The Kier molecular flexibility index (Phi) is 3.31. The van der Waals surface area contributed by atoms with Gasteiger partial charge in [-0.25, -0.2) is 0 Å². The molecule has 0 aliphatic carbocycles. The Labute approximate surface area is 84.5 Å². The zero-order chi connectivity index (χ0) is 8.55. The molecule has 72 valence electrons. The van der Waals surface area contributed by atoms with Crippen LogP contribution in [0.15, 0.2) is 24.3 Å². The summed E-state index contributed by atoms with van der Waals surface area (Å²) in [5.41, 5.74) is 8.35. The van der Waals surface area contributed by atoms with Crippen molar-refractivity contribution in [2.24, 2.45) is 5.73 Å². The standard InChI is InChI=1S/C10H13NO.ClH/c1-7-8-4-2-3-5-9(8)10(11)6-12-7;/h2-5,7,10H,6,11H2,1H3;1H/t7-,10-;/m0./s1. The van der Waals surface area contributed by atoms with Gasteiger partial charge in [0, 0.05) is 0 Å². The van der Waals surface area contributed by atoms with E-state index in [4.69, 9.17) is 10.5 Å². The highest BCUT2D eigenvalue weighted by Gasteiger charge is 2.21. The minimum atomic E-state index is 0. The smallest absolute Gasteiger partial charge is 0.0801 e. The molecule has 0 aromatic heterocycles. The Bertz CT molecular complexity index is 261. The van der Waals surface area contributed by atoms with Crippen LogP contribution >= 0.6 is 12.4 Å². The van der Waals surface area contributed by atoms with Gasteiger partial charge in [0.05, 0.1) is 18.8 Å². The molecule has 2 atom stereocenters. The second-order valence-electron chi connectivity index (χ2n) is 3.21. The molecule has 13 heavy (non-hydrogen) atoms. The van der Waals surface area contributed by atoms with Crippen molar-refractivity contribution in [1.82, 2.24) is 0 Å². The van der Waals surface area contributed by atoms with Gasteiger partial charge in [-0.05, 0) is 18.1 Å². The summed E-state index contributed by atoms with van der Waals surface area (Å²) in [4.78, 5) is 0. The third-order valence-electron chi connectivity index (χ3n) is 2.36. The summed E-state index contributed by atoms with van der Waals surface area (Å²) in [6.07, 6.45) is 0.195. The van der Waals surface area contributed by atoms with Crippen LogP contribution in [0.3, 0.4) is 0 Å². The molecule has 3 heteroatoms. The lowest BCUT2D eigenvalue weighted by atomic mass is 9.95. The molecule has 0 radical (unpaired) electrons. The molecule has 0 saturated heterocycles. The number of benzene rings is 1. The van der Waals surface area contributed by atoms with Gasteiger partial charge in [0.25, 0.3) is 0 Å². The van der Waals surface area contributed by atoms with E-state index in [2.05, 4.69) is 19.1 Å². The van der Waals surface area contributed by atoms with Gasteiger partial charge in [-0.3, -0.25) is 0 Å². The Morgan fingerprint density at radius 3 is 2.54 bits per heavy atom. The van der Waals surface area contributed by atoms with Crippen LogP contribution in [0.2, 0.25) is 0 Å². The summed E-state index contributed by atoms with van der Waals surface area (Å²) >= 11 is 0. The third-order valence-corrected chi connectivity index (χ3v) is 2.36. The van der Waals surface area contributed by atoms with E-state index < -0.39 is 0 Å². The van der Waals surface area contributed by atoms with Gasteiger partial charge in [0.15, 0.2) is 0 Å². The van der Waals surface area contributed by atoms with Crippen LogP contribution in [0.5, 0.6) is 0 Å². The van der Waals surface area contributed by atoms with Crippen molar-refractivity contribution in [2.75, 3.05) is 6.61 Å². The number of halogens is 1. The lowest BCUT2D eigenvalue weighted by Crippen LogP contribution is -2.25. The van der Waals surface area contributed by atoms with Gasteiger partial charge in [0.2, 0.25) is 0 Å². The van der Waals surface area contributed by atoms with Crippen molar-refractivity contribution in [3.05, 3.63) is 35.4 Å². The van der Waals surface area contributed by atoms with E-state index in [1.165, 1.54) is 11.1 Å². The number of ether oxygens (including phenoxy) is 1. The maximum atomic E-state index is 5.88. The minimum Gasteiger partial charge on any atom is -0.372 e. The molecule has 0 amide bonds. The monoisotopic (exact) mass is 199 g/mol. The van der Waals surface area contributed by atoms with Crippen molar-refractivity contribution in [3.63, 3.8) is 0 Å². The highest BCUT2D eigenvalue weighted by atomic mass is 35.5. The first-order valence-corrected chi connectivity index (χ1v) is 4.25. The summed E-state index contributed by atoms with van der Waals surface area (Å²) in [7, 11) is 0. The number of fused-ring (bicyclic) bond motifs is 1. The van der Waals surface area contributed by atoms with Crippen LogP contribution in [0.4, 0.5) is 0 Å². The molecule has 0 saturated carbocycles. The summed E-state index contributed by atoms with van der Waals surface area (Å²) in [5.74, 6) is 0. The molecule has 0 bridgehead atoms. The van der Waals surface area contributed by atoms with Crippen LogP contribution in [0.1, 0.15) is 30.2 Å². The van der Waals surface area contributed by atoms with Gasteiger partial charge in [-0.1, -0.05) is 24.3 Å². The predicted molar refractivity (Wildman–Crippen MR) is 55.0 cm³/mol. The molecule has 2 rings (SSSR count). The van der Waals surface area contributed by atoms with E-state index in [1.54, 1.807) is 0 Å². The average Bonchev–Trinajstić information content (AvgIpc) is 2.12. The Morgan fingerprint density at radius 1 is 1.31 bits per heavy atom. The topological polar surface area (TPSA) is 35.2 Å². The summed E-state index contributed by atoms with van der Waals surface area (Å²) in [6, 6.07) is 8.27. The fourth-order valence-corrected chi connectivity index (χ4v) is 1.65. The molecule has 1 heterocycles. The van der Waals surface area contributed by atoms with Crippen LogP contribution in [-0.2, 0) is 4.74 Å². The second kappa shape index (κ2) is 4.09. The number of nitrogens with two attached hydrogens (primary N) is 1. The van der Waals surface area contributed by atoms with E-state index >= 15 is 0 Å². The fraction of sp³-hybridized carbons (Fsp3) is 0.400. The highest BCUT2D eigenvalue weighted by molar-refractivity contribution is 5.85. The number of hydrogen-bond acceptors (Lipinski definition) is 2. The maximum absolute atomic E-state index is 5.88. The normalized spacial score (nSPS) is 26.0. The van der Waals surface area contributed by atoms with E-state index in [-0.39, 0.29) is 24.6 Å². The molecule has 1 aliphatic rings. The third kappa shape index (κ3) is 1.85. The zero-order valence-electron chi connectivity index (χ0n) is 7.57. The lowest BCUT2D eigenvalue weighted by molar-refractivity contribution is 0.0408. The minimum absolute atomic E-state index is 0. The molecule has 0 unspecified atom stereocenters. The SMILES string of the molecule is C[C@@H]1OC[C@H](N)c2ccccc21.Cl. The summed E-state index contributed by atoms with van der Waals surface area (Å²) < 4.78 is 5.49. The molecule has 1 aromatic carbocycles. The van der Waals surface area contributed by atoms with Crippen LogP contribution in [0, 0.1) is 0 Å². The number of rotatable bonds is 0. The zero-order valence-corrected chi connectivity index (χ0v) is 8.38. The van der Waals surface area contributed by atoms with Crippen molar-refractivity contribution >= 4 is 12.4 Å². The molecule has 2 nitrogen and oxygen atoms in total. The Hall–Kier alpha value is -0.570. The molecular formula is C10H14ClNO. The second-order valence-corrected chi connectivity index (χ2v) is 3.21. The molecule has 0 spiro atoms. The first-order chi connectivity index (χ1) is 5.79. The fourth-order valence-electron chi connectivity index (χ4n) is 1.65. The molecule has 1 aliphatic heterocycles. The first kappa shape index (κ1) is 10.5. The number of hydrogen-bond donors (Lipinski definition) is 1. The van der Waals surface area contributed by atoms with Crippen LogP contribution in [0.25, 0.3) is 0 Å². The molecule has 2 N–H and O–H groups in total. The Morgan fingerprint density at radius 2 is 1.92 bits per heavy atom. The average molecular weight is 200 g/mol. The van der Waals surface area contributed by atoms with E-state index in [0.29, 0.717) is 6.61 Å². The van der Waals surface area contributed by atoms with E-state index in [9.17, 15) is 0 Å². The first-order valence-electron chi connectivity index (χ1n) is 4.25. The van der Waals surface area contributed by atoms with E-state index in [0.717, 1.165) is 0 Å². The largest absolute Gasteiger partial charge is 0.372 e. The molecule has 1 aromatic rings. The maximum Gasteiger partial charge on any atom is 0.0801 e. The van der Waals surface area contributed by atoms with Crippen LogP contribution < -0.4 is 5.73 Å². The van der Waals surface area contributed by atoms with E-state index in [1.807, 2.05) is 12.1 Å².